The molecule has 0 aromatic carbocycles. The summed E-state index contributed by atoms with van der Waals surface area (Å²) in [4.78, 5) is 10.3. The molecule has 0 aliphatic rings. The lowest BCUT2D eigenvalue weighted by Crippen LogP contribution is -2.31. The maximum atomic E-state index is 10.3. The summed E-state index contributed by atoms with van der Waals surface area (Å²) in [6.45, 7) is 6.67. The van der Waals surface area contributed by atoms with E-state index >= 15 is 0 Å². The Morgan fingerprint density at radius 3 is 1.60 bits per heavy atom. The third-order valence-electron chi connectivity index (χ3n) is 2.77. The number of hydrogen-bond donors (Lipinski definition) is 0. The Kier molecular flexibility index (Phi) is 4.61. The topological polar surface area (TPSA) is 17.1 Å². The van der Waals surface area contributed by atoms with Gasteiger partial charge in [-0.3, -0.25) is 0 Å². The van der Waals surface area contributed by atoms with Gasteiger partial charge >= 0.3 is 0 Å². The van der Waals surface area contributed by atoms with Gasteiger partial charge in [0.2, 0.25) is 0 Å². The minimum atomic E-state index is -1.09. The van der Waals surface area contributed by atoms with E-state index in [0.717, 1.165) is 12.3 Å². The molecule has 0 aromatic rings. The third kappa shape index (κ3) is 2.25. The van der Waals surface area contributed by atoms with Crippen molar-refractivity contribution >= 4 is 14.4 Å². The van der Waals surface area contributed by atoms with Crippen LogP contribution in [-0.2, 0) is 4.79 Å². The van der Waals surface area contributed by atoms with Gasteiger partial charge in [0.05, 0.1) is 8.07 Å². The van der Waals surface area contributed by atoms with Crippen LogP contribution in [-0.4, -0.2) is 14.4 Å². The minimum absolute atomic E-state index is 0.872. The second-order valence-corrected chi connectivity index (χ2v) is 8.46. The molecule has 0 radical (unpaired) electrons. The first-order valence-electron chi connectivity index (χ1n) is 4.18. The maximum absolute atomic E-state index is 10.3. The molecule has 0 aromatic heterocycles. The second-order valence-electron chi connectivity index (χ2n) is 2.93. The molecule has 0 rings (SSSR count). The number of aldehydes is 1. The van der Waals surface area contributed by atoms with Crippen molar-refractivity contribution in [2.75, 3.05) is 0 Å². The molecule has 0 amide bonds. The zero-order valence-corrected chi connectivity index (χ0v) is 8.31. The fourth-order valence-corrected chi connectivity index (χ4v) is 4.08. The molecule has 0 heterocycles. The van der Waals surface area contributed by atoms with Crippen LogP contribution in [0.5, 0.6) is 0 Å². The lowest BCUT2D eigenvalue weighted by Gasteiger charge is -2.24. The van der Waals surface area contributed by atoms with E-state index in [1.165, 1.54) is 18.1 Å². The molecule has 0 N–H and O–H groups in total. The number of carbonyl (C=O) groups excluding carboxylic acids is 1. The molecule has 2 heteroatoms. The Morgan fingerprint density at radius 1 is 1.10 bits per heavy atom. The Morgan fingerprint density at radius 2 is 1.50 bits per heavy atom. The van der Waals surface area contributed by atoms with Crippen molar-refractivity contribution in [2.45, 2.75) is 44.9 Å². The van der Waals surface area contributed by atoms with E-state index < -0.39 is 8.07 Å². The maximum Gasteiger partial charge on any atom is 0.117 e. The van der Waals surface area contributed by atoms with Crippen LogP contribution in [0.25, 0.3) is 0 Å². The highest BCUT2D eigenvalue weighted by atomic mass is 28.3. The van der Waals surface area contributed by atoms with Crippen molar-refractivity contribution < 1.29 is 4.79 Å². The van der Waals surface area contributed by atoms with E-state index in [1.54, 1.807) is 0 Å². The predicted molar refractivity (Wildman–Crippen MR) is 48.1 cm³/mol. The van der Waals surface area contributed by atoms with Gasteiger partial charge in [0.15, 0.2) is 0 Å². The summed E-state index contributed by atoms with van der Waals surface area (Å²) in [5.74, 6) is 0. The molecule has 0 atom stereocenters. The van der Waals surface area contributed by atoms with E-state index in [9.17, 15) is 4.79 Å². The van der Waals surface area contributed by atoms with Crippen LogP contribution >= 0.6 is 0 Å². The van der Waals surface area contributed by atoms with Gasteiger partial charge in [-0.05, 0) is 6.04 Å². The normalized spacial score (nSPS) is 11.5. The molecule has 0 unspecified atom stereocenters. The van der Waals surface area contributed by atoms with Gasteiger partial charge < -0.3 is 4.79 Å². The number of rotatable bonds is 5. The molecular formula is C8H18OSi. The molecule has 0 aliphatic heterocycles. The average molecular weight is 158 g/mol. The fourth-order valence-electron chi connectivity index (χ4n) is 1.36. The highest BCUT2D eigenvalue weighted by molar-refractivity contribution is 6.81. The van der Waals surface area contributed by atoms with E-state index in [-0.39, 0.29) is 0 Å². The molecule has 0 fully saturated rings. The van der Waals surface area contributed by atoms with E-state index in [0.29, 0.717) is 0 Å². The summed E-state index contributed by atoms with van der Waals surface area (Å²) in [6, 6.07) is 4.66. The zero-order valence-electron chi connectivity index (χ0n) is 7.31. The van der Waals surface area contributed by atoms with Crippen LogP contribution in [0.3, 0.4) is 0 Å². The summed E-state index contributed by atoms with van der Waals surface area (Å²) in [6.07, 6.45) is 1.11. The number of hydrogen-bond acceptors (Lipinski definition) is 1. The molecule has 60 valence electrons. The molecule has 0 bridgehead atoms. The zero-order chi connectivity index (χ0) is 8.04. The van der Waals surface area contributed by atoms with Crippen molar-refractivity contribution in [1.29, 1.82) is 0 Å². The molecule has 10 heavy (non-hydrogen) atoms. The fraction of sp³-hybridized carbons (Fsp3) is 0.875. The molecule has 0 spiro atoms. The standard InChI is InChI=1S/C8H18OSi/c1-4-10(5-2,6-3)8-7-9/h7H,4-6,8H2,1-3H3. The molecule has 0 aliphatic carbocycles. The minimum Gasteiger partial charge on any atom is -0.304 e. The van der Waals surface area contributed by atoms with Crippen molar-refractivity contribution in [3.63, 3.8) is 0 Å². The first kappa shape index (κ1) is 9.89. The Labute approximate surface area is 64.8 Å². The highest BCUT2D eigenvalue weighted by Crippen LogP contribution is 2.23. The van der Waals surface area contributed by atoms with Crippen LogP contribution < -0.4 is 0 Å². The largest absolute Gasteiger partial charge is 0.304 e. The molecule has 0 saturated heterocycles. The van der Waals surface area contributed by atoms with Crippen LogP contribution in [0.1, 0.15) is 20.8 Å². The lowest BCUT2D eigenvalue weighted by atomic mass is 10.9. The van der Waals surface area contributed by atoms with Crippen molar-refractivity contribution in [1.82, 2.24) is 0 Å². The van der Waals surface area contributed by atoms with Gasteiger partial charge in [-0.2, -0.15) is 0 Å². The van der Waals surface area contributed by atoms with Crippen molar-refractivity contribution in [2.24, 2.45) is 0 Å². The Bertz CT molecular complexity index is 89.2. The molecule has 0 saturated carbocycles. The van der Waals surface area contributed by atoms with Gasteiger partial charge in [-0.25, -0.2) is 0 Å². The van der Waals surface area contributed by atoms with Crippen molar-refractivity contribution in [3.8, 4) is 0 Å². The summed E-state index contributed by atoms with van der Waals surface area (Å²) in [5, 5.41) is 0. The molecular weight excluding hydrogens is 140 g/mol. The lowest BCUT2D eigenvalue weighted by molar-refractivity contribution is -0.106. The summed E-state index contributed by atoms with van der Waals surface area (Å²) < 4.78 is 0. The SMILES string of the molecule is CC[Si](CC)(CC)CC=O. The smallest absolute Gasteiger partial charge is 0.117 e. The van der Waals surface area contributed by atoms with Crippen LogP contribution in [0.15, 0.2) is 0 Å². The van der Waals surface area contributed by atoms with Gasteiger partial charge in [0.1, 0.15) is 6.29 Å². The quantitative estimate of drug-likeness (QED) is 0.444. The van der Waals surface area contributed by atoms with Crippen LogP contribution in [0.4, 0.5) is 0 Å². The van der Waals surface area contributed by atoms with Gasteiger partial charge in [0.25, 0.3) is 0 Å². The third-order valence-corrected chi connectivity index (χ3v) is 8.30. The Balaban J connectivity index is 4.00. The van der Waals surface area contributed by atoms with Crippen molar-refractivity contribution in [3.05, 3.63) is 0 Å². The Hall–Kier alpha value is -0.113. The predicted octanol–water partition coefficient (Wildman–Crippen LogP) is 2.69. The van der Waals surface area contributed by atoms with Gasteiger partial charge in [-0.15, -0.1) is 0 Å². The average Bonchev–Trinajstić information content (AvgIpc) is 2.01. The van der Waals surface area contributed by atoms with Crippen LogP contribution in [0, 0.1) is 0 Å². The first-order valence-corrected chi connectivity index (χ1v) is 7.01. The van der Waals surface area contributed by atoms with Gasteiger partial charge in [0, 0.05) is 0 Å². The van der Waals surface area contributed by atoms with Crippen LogP contribution in [0.2, 0.25) is 24.2 Å². The van der Waals surface area contributed by atoms with E-state index in [1.807, 2.05) is 0 Å². The number of carbonyl (C=O) groups is 1. The first-order chi connectivity index (χ1) is 4.74. The summed E-state index contributed by atoms with van der Waals surface area (Å²) in [5.41, 5.74) is 0. The summed E-state index contributed by atoms with van der Waals surface area (Å²) >= 11 is 0. The highest BCUT2D eigenvalue weighted by Gasteiger charge is 2.25. The summed E-state index contributed by atoms with van der Waals surface area (Å²) in [7, 11) is -1.09. The van der Waals surface area contributed by atoms with Gasteiger partial charge in [-0.1, -0.05) is 38.9 Å². The molecule has 1 nitrogen and oxygen atoms in total. The monoisotopic (exact) mass is 158 g/mol. The second kappa shape index (κ2) is 4.66. The van der Waals surface area contributed by atoms with E-state index in [4.69, 9.17) is 0 Å². The van der Waals surface area contributed by atoms with E-state index in [2.05, 4.69) is 20.8 Å².